The highest BCUT2D eigenvalue weighted by atomic mass is 16.5. The van der Waals surface area contributed by atoms with E-state index in [2.05, 4.69) is 4.98 Å². The number of rotatable bonds is 4. The van der Waals surface area contributed by atoms with Gasteiger partial charge < -0.3 is 26.2 Å². The van der Waals surface area contributed by atoms with Gasteiger partial charge in [-0.1, -0.05) is 0 Å². The van der Waals surface area contributed by atoms with E-state index in [9.17, 15) is 9.90 Å². The number of pyridine rings is 1. The minimum Gasteiger partial charge on any atom is -0.397 e. The zero-order chi connectivity index (χ0) is 14.8. The minimum atomic E-state index is -0.842. The Labute approximate surface area is 117 Å². The molecular formula is C13H20N4O3. The van der Waals surface area contributed by atoms with Crippen molar-refractivity contribution in [3.63, 3.8) is 0 Å². The molecule has 1 amide bonds. The number of primary amides is 1. The summed E-state index contributed by atoms with van der Waals surface area (Å²) in [6, 6.07) is 1.50. The Morgan fingerprint density at radius 2 is 2.20 bits per heavy atom. The third kappa shape index (κ3) is 3.17. The fourth-order valence-corrected chi connectivity index (χ4v) is 2.39. The second kappa shape index (κ2) is 5.64. The molecule has 7 heteroatoms. The number of carbonyl (C=O) groups is 1. The maximum atomic E-state index is 11.5. The predicted octanol–water partition coefficient (Wildman–Crippen LogP) is -0.260. The molecule has 0 saturated carbocycles. The predicted molar refractivity (Wildman–Crippen MR) is 75.4 cm³/mol. The van der Waals surface area contributed by atoms with E-state index < -0.39 is 11.5 Å². The van der Waals surface area contributed by atoms with Crippen molar-refractivity contribution < 1.29 is 14.6 Å². The van der Waals surface area contributed by atoms with Gasteiger partial charge in [0.2, 0.25) is 0 Å². The van der Waals surface area contributed by atoms with Gasteiger partial charge in [-0.25, -0.2) is 4.98 Å². The molecule has 0 aromatic carbocycles. The topological polar surface area (TPSA) is 115 Å². The first kappa shape index (κ1) is 14.5. The Balaban J connectivity index is 2.20. The number of carbonyl (C=O) groups excluding carboxylic acids is 1. The Hall–Kier alpha value is -1.86. The fraction of sp³-hybridized carbons (Fsp3) is 0.538. The molecule has 1 fully saturated rings. The summed E-state index contributed by atoms with van der Waals surface area (Å²) in [5.74, 6) is -0.169. The van der Waals surface area contributed by atoms with Crippen LogP contribution in [0.5, 0.6) is 0 Å². The van der Waals surface area contributed by atoms with Gasteiger partial charge in [-0.3, -0.25) is 4.79 Å². The monoisotopic (exact) mass is 280 g/mol. The van der Waals surface area contributed by atoms with Gasteiger partial charge in [0.15, 0.2) is 0 Å². The van der Waals surface area contributed by atoms with Crippen molar-refractivity contribution in [3.8, 4) is 0 Å². The van der Waals surface area contributed by atoms with Crippen molar-refractivity contribution in [2.45, 2.75) is 18.4 Å². The van der Waals surface area contributed by atoms with E-state index in [-0.39, 0.29) is 5.56 Å². The highest BCUT2D eigenvalue weighted by molar-refractivity contribution is 5.98. The number of hydrogen-bond donors (Lipinski definition) is 3. The normalized spacial score (nSPS) is 17.7. The average Bonchev–Trinajstić information content (AvgIpc) is 2.38. The molecule has 1 aliphatic heterocycles. The number of aromatic nitrogens is 1. The minimum absolute atomic E-state index is 0.253. The van der Waals surface area contributed by atoms with Crippen LogP contribution in [0.4, 0.5) is 11.5 Å². The molecule has 0 unspecified atom stereocenters. The number of nitrogens with zero attached hydrogens (tertiary/aromatic N) is 2. The molecule has 110 valence electrons. The van der Waals surface area contributed by atoms with Crippen LogP contribution in [0.1, 0.15) is 23.2 Å². The lowest BCUT2D eigenvalue weighted by atomic mass is 9.94. The van der Waals surface area contributed by atoms with Gasteiger partial charge in [-0.15, -0.1) is 0 Å². The van der Waals surface area contributed by atoms with E-state index >= 15 is 0 Å². The molecule has 1 aromatic heterocycles. The lowest BCUT2D eigenvalue weighted by Gasteiger charge is -2.36. The Bertz CT molecular complexity index is 500. The second-order valence-corrected chi connectivity index (χ2v) is 5.20. The van der Waals surface area contributed by atoms with Gasteiger partial charge in [0.25, 0.3) is 5.91 Å². The van der Waals surface area contributed by atoms with Crippen LogP contribution in [0.15, 0.2) is 12.3 Å². The van der Waals surface area contributed by atoms with Crippen LogP contribution in [0, 0.1) is 0 Å². The number of amides is 1. The molecule has 2 heterocycles. The summed E-state index contributed by atoms with van der Waals surface area (Å²) >= 11 is 0. The van der Waals surface area contributed by atoms with Gasteiger partial charge >= 0.3 is 0 Å². The Morgan fingerprint density at radius 3 is 2.80 bits per heavy atom. The van der Waals surface area contributed by atoms with Crippen LogP contribution in [-0.4, -0.2) is 48.4 Å². The molecule has 7 nitrogen and oxygen atoms in total. The number of likely N-dealkylation sites (N-methyl/N-ethyl adjacent to an activating group) is 1. The van der Waals surface area contributed by atoms with E-state index in [1.54, 1.807) is 11.9 Å². The summed E-state index contributed by atoms with van der Waals surface area (Å²) in [5, 5.41) is 10.5. The van der Waals surface area contributed by atoms with Crippen molar-refractivity contribution in [2.75, 3.05) is 37.4 Å². The molecule has 0 bridgehead atoms. The fourth-order valence-electron chi connectivity index (χ4n) is 2.39. The maximum absolute atomic E-state index is 11.5. The average molecular weight is 280 g/mol. The third-order valence-electron chi connectivity index (χ3n) is 3.47. The van der Waals surface area contributed by atoms with Gasteiger partial charge in [-0.05, 0) is 6.07 Å². The summed E-state index contributed by atoms with van der Waals surface area (Å²) in [6.07, 6.45) is 2.57. The summed E-state index contributed by atoms with van der Waals surface area (Å²) in [7, 11) is 1.76. The zero-order valence-electron chi connectivity index (χ0n) is 11.5. The van der Waals surface area contributed by atoms with Crippen molar-refractivity contribution in [2.24, 2.45) is 5.73 Å². The summed E-state index contributed by atoms with van der Waals surface area (Å²) < 4.78 is 5.25. The zero-order valence-corrected chi connectivity index (χ0v) is 11.5. The lowest BCUT2D eigenvalue weighted by Crippen LogP contribution is -2.46. The first-order chi connectivity index (χ1) is 9.41. The number of nitrogens with two attached hydrogens (primary N) is 2. The van der Waals surface area contributed by atoms with Crippen molar-refractivity contribution in [1.29, 1.82) is 0 Å². The highest BCUT2D eigenvalue weighted by Crippen LogP contribution is 2.25. The maximum Gasteiger partial charge on any atom is 0.252 e. The van der Waals surface area contributed by atoms with Crippen molar-refractivity contribution in [3.05, 3.63) is 17.8 Å². The molecule has 0 spiro atoms. The van der Waals surface area contributed by atoms with Crippen molar-refractivity contribution in [1.82, 2.24) is 4.98 Å². The largest absolute Gasteiger partial charge is 0.397 e. The highest BCUT2D eigenvalue weighted by Gasteiger charge is 2.32. The molecule has 1 saturated heterocycles. The van der Waals surface area contributed by atoms with Crippen LogP contribution in [0.3, 0.4) is 0 Å². The van der Waals surface area contributed by atoms with Crippen LogP contribution in [0.25, 0.3) is 0 Å². The van der Waals surface area contributed by atoms with Gasteiger partial charge in [0.05, 0.1) is 23.0 Å². The van der Waals surface area contributed by atoms with Crippen LogP contribution in [0.2, 0.25) is 0 Å². The Kier molecular flexibility index (Phi) is 4.10. The second-order valence-electron chi connectivity index (χ2n) is 5.20. The smallest absolute Gasteiger partial charge is 0.252 e. The number of aliphatic hydroxyl groups is 1. The molecular weight excluding hydrogens is 260 g/mol. The van der Waals surface area contributed by atoms with Crippen LogP contribution < -0.4 is 16.4 Å². The van der Waals surface area contributed by atoms with Crippen LogP contribution in [-0.2, 0) is 4.74 Å². The van der Waals surface area contributed by atoms with E-state index in [4.69, 9.17) is 16.2 Å². The first-order valence-corrected chi connectivity index (χ1v) is 6.48. The van der Waals surface area contributed by atoms with Gasteiger partial charge in [0.1, 0.15) is 5.82 Å². The molecule has 2 rings (SSSR count). The SMILES string of the molecule is CN(CC1(O)CCOCC1)c1ncc(N)cc1C(N)=O. The number of nitrogen functional groups attached to an aromatic ring is 1. The molecule has 20 heavy (non-hydrogen) atoms. The standard InChI is InChI=1S/C13H20N4O3/c1-17(8-13(19)2-4-20-5-3-13)12-10(11(15)18)6-9(14)7-16-12/h6-7,19H,2-5,8,14H2,1H3,(H2,15,18). The molecule has 5 N–H and O–H groups in total. The number of ether oxygens (including phenoxy) is 1. The third-order valence-corrected chi connectivity index (χ3v) is 3.47. The lowest BCUT2D eigenvalue weighted by molar-refractivity contribution is -0.0573. The van der Waals surface area contributed by atoms with E-state index in [0.29, 0.717) is 44.1 Å². The van der Waals surface area contributed by atoms with Gasteiger partial charge in [0, 0.05) is 39.6 Å². The quantitative estimate of drug-likeness (QED) is 0.700. The molecule has 1 aromatic rings. The number of anilines is 2. The molecule has 1 aliphatic rings. The molecule has 0 atom stereocenters. The van der Waals surface area contributed by atoms with E-state index in [0.717, 1.165) is 0 Å². The first-order valence-electron chi connectivity index (χ1n) is 6.48. The Morgan fingerprint density at radius 1 is 1.55 bits per heavy atom. The van der Waals surface area contributed by atoms with E-state index in [1.165, 1.54) is 12.3 Å². The summed E-state index contributed by atoms with van der Waals surface area (Å²) in [5.41, 5.74) is 10.8. The molecule has 0 radical (unpaired) electrons. The van der Waals surface area contributed by atoms with Crippen LogP contribution >= 0.6 is 0 Å². The van der Waals surface area contributed by atoms with Crippen molar-refractivity contribution >= 4 is 17.4 Å². The van der Waals surface area contributed by atoms with Gasteiger partial charge in [-0.2, -0.15) is 0 Å². The number of hydrogen-bond acceptors (Lipinski definition) is 6. The summed E-state index contributed by atoms with van der Waals surface area (Å²) in [6.45, 7) is 1.41. The van der Waals surface area contributed by atoms with E-state index in [1.807, 2.05) is 0 Å². The molecule has 0 aliphatic carbocycles. The summed E-state index contributed by atoms with van der Waals surface area (Å²) in [4.78, 5) is 17.3.